The Hall–Kier alpha value is -2.04. The van der Waals surface area contributed by atoms with E-state index >= 15 is 0 Å². The average molecular weight is 924 g/mol. The Bertz CT molecular complexity index is 1500. The minimum absolute atomic E-state index is 0.128. The molecule has 0 aliphatic carbocycles. The molecule has 46 heavy (non-hydrogen) atoms. The molecule has 0 fully saturated rings. The van der Waals surface area contributed by atoms with Crippen molar-refractivity contribution in [3.8, 4) is 0 Å². The van der Waals surface area contributed by atoms with Crippen molar-refractivity contribution in [2.24, 2.45) is 0 Å². The third-order valence-corrected chi connectivity index (χ3v) is 8.81. The lowest BCUT2D eigenvalue weighted by molar-refractivity contribution is -0.290. The predicted molar refractivity (Wildman–Crippen MR) is 162 cm³/mol. The molecule has 0 aromatic heterocycles. The summed E-state index contributed by atoms with van der Waals surface area (Å²) in [5, 5.41) is 0. The molecule has 0 nitrogen and oxygen atoms in total. The van der Waals surface area contributed by atoms with Crippen molar-refractivity contribution in [1.29, 1.82) is 0 Å². The van der Waals surface area contributed by atoms with Crippen LogP contribution in [0.1, 0.15) is 22.3 Å². The van der Waals surface area contributed by atoms with Crippen LogP contribution in [0.3, 0.4) is 0 Å². The number of alkyl halides is 12. The van der Waals surface area contributed by atoms with Crippen LogP contribution < -0.4 is 0 Å². The fourth-order valence-electron chi connectivity index (χ4n) is 4.81. The summed E-state index contributed by atoms with van der Waals surface area (Å²) < 4.78 is 166. The first-order valence-electron chi connectivity index (χ1n) is 12.3. The van der Waals surface area contributed by atoms with E-state index in [2.05, 4.69) is 63.7 Å². The standard InChI is InChI=1S/2C15H8Br2F6/c16-11-5-1-9(2-6-11)13(14(18,19)20,15(21,22)23)10-3-7-12(17)8-4-10;16-11-5-1-3-9(7-11)13(14(18,19)20,15(21,22)23)10-4-2-6-12(17)8-10/h2*1-8H. The molecule has 0 atom stereocenters. The fraction of sp³-hybridized carbons (Fsp3) is 0.200. The third kappa shape index (κ3) is 7.34. The molecule has 4 aromatic rings. The van der Waals surface area contributed by atoms with Gasteiger partial charge in [0.2, 0.25) is 10.8 Å². The zero-order chi connectivity index (χ0) is 34.9. The predicted octanol–water partition coefficient (Wildman–Crippen LogP) is 13.2. The molecule has 0 heterocycles. The van der Waals surface area contributed by atoms with E-state index < -0.39 is 57.8 Å². The van der Waals surface area contributed by atoms with E-state index in [0.717, 1.165) is 84.9 Å². The number of halogens is 16. The Morgan fingerprint density at radius 3 is 0.804 bits per heavy atom. The second-order valence-electron chi connectivity index (χ2n) is 9.53. The Kier molecular flexibility index (Phi) is 11.5. The van der Waals surface area contributed by atoms with Gasteiger partial charge in [-0.05, 0) is 70.8 Å². The minimum atomic E-state index is -5.58. The number of rotatable bonds is 4. The second kappa shape index (κ2) is 13.8. The number of hydrogen-bond donors (Lipinski definition) is 0. The van der Waals surface area contributed by atoms with Gasteiger partial charge < -0.3 is 0 Å². The second-order valence-corrected chi connectivity index (χ2v) is 13.2. The van der Waals surface area contributed by atoms with Crippen molar-refractivity contribution in [1.82, 2.24) is 0 Å². The molecule has 0 radical (unpaired) electrons. The Balaban J connectivity index is 0.000000250. The van der Waals surface area contributed by atoms with Crippen molar-refractivity contribution in [2.75, 3.05) is 0 Å². The van der Waals surface area contributed by atoms with Crippen molar-refractivity contribution in [3.05, 3.63) is 137 Å². The van der Waals surface area contributed by atoms with Crippen molar-refractivity contribution >= 4 is 63.7 Å². The fourth-order valence-corrected chi connectivity index (χ4v) is 6.13. The van der Waals surface area contributed by atoms with Crippen LogP contribution in [0.2, 0.25) is 0 Å². The van der Waals surface area contributed by atoms with Crippen LogP contribution in [0.25, 0.3) is 0 Å². The summed E-state index contributed by atoms with van der Waals surface area (Å²) in [6.07, 6.45) is -22.3. The monoisotopic (exact) mass is 920 g/mol. The van der Waals surface area contributed by atoms with E-state index in [1.807, 2.05) is 0 Å². The molecule has 4 rings (SSSR count). The molecule has 0 saturated carbocycles. The lowest BCUT2D eigenvalue weighted by Crippen LogP contribution is -2.54. The summed E-state index contributed by atoms with van der Waals surface area (Å²) in [6.45, 7) is 0. The minimum Gasteiger partial charge on any atom is -0.169 e. The average Bonchev–Trinajstić information content (AvgIpc) is 2.89. The lowest BCUT2D eigenvalue weighted by atomic mass is 9.73. The van der Waals surface area contributed by atoms with Gasteiger partial charge in [-0.25, -0.2) is 0 Å². The van der Waals surface area contributed by atoms with Gasteiger partial charge in [-0.2, -0.15) is 52.7 Å². The Labute approximate surface area is 287 Å². The summed E-state index contributed by atoms with van der Waals surface area (Å²) in [4.78, 5) is 0. The quantitative estimate of drug-likeness (QED) is 0.179. The molecule has 0 spiro atoms. The van der Waals surface area contributed by atoms with E-state index in [9.17, 15) is 52.7 Å². The first-order valence-corrected chi connectivity index (χ1v) is 15.5. The Morgan fingerprint density at radius 1 is 0.304 bits per heavy atom. The zero-order valence-electron chi connectivity index (χ0n) is 22.3. The van der Waals surface area contributed by atoms with E-state index in [1.54, 1.807) is 0 Å². The maximum absolute atomic E-state index is 13.8. The van der Waals surface area contributed by atoms with Gasteiger partial charge in [0.1, 0.15) is 0 Å². The lowest BCUT2D eigenvalue weighted by Gasteiger charge is -2.38. The van der Waals surface area contributed by atoms with Gasteiger partial charge in [0.15, 0.2) is 0 Å². The molecule has 16 heteroatoms. The zero-order valence-corrected chi connectivity index (χ0v) is 28.6. The van der Waals surface area contributed by atoms with Gasteiger partial charge in [0.25, 0.3) is 0 Å². The maximum atomic E-state index is 13.8. The van der Waals surface area contributed by atoms with Crippen LogP contribution in [-0.4, -0.2) is 24.7 Å². The highest BCUT2D eigenvalue weighted by atomic mass is 79.9. The SMILES string of the molecule is FC(F)(F)C(c1ccc(Br)cc1)(c1ccc(Br)cc1)C(F)(F)F.FC(F)(F)C(c1cccc(Br)c1)(c1cccc(Br)c1)C(F)(F)F. The van der Waals surface area contributed by atoms with E-state index in [-0.39, 0.29) is 8.95 Å². The summed E-state index contributed by atoms with van der Waals surface area (Å²) in [5.74, 6) is 0. The molecule has 0 saturated heterocycles. The van der Waals surface area contributed by atoms with Gasteiger partial charge in [-0.3, -0.25) is 0 Å². The molecule has 0 amide bonds. The third-order valence-electron chi connectivity index (χ3n) is 6.77. The molecule has 0 bridgehead atoms. The number of hydrogen-bond acceptors (Lipinski definition) is 0. The number of benzene rings is 4. The van der Waals surface area contributed by atoms with Gasteiger partial charge in [-0.1, -0.05) is 112 Å². The van der Waals surface area contributed by atoms with E-state index in [4.69, 9.17) is 0 Å². The van der Waals surface area contributed by atoms with E-state index in [0.29, 0.717) is 8.95 Å². The molecule has 0 unspecified atom stereocenters. The van der Waals surface area contributed by atoms with Gasteiger partial charge >= 0.3 is 24.7 Å². The molecular weight excluding hydrogens is 908 g/mol. The highest BCUT2D eigenvalue weighted by Crippen LogP contribution is 2.57. The van der Waals surface area contributed by atoms with Crippen LogP contribution in [0.4, 0.5) is 52.7 Å². The molecule has 248 valence electrons. The molecular formula is C30H16Br4F12. The van der Waals surface area contributed by atoms with Crippen LogP contribution in [0.5, 0.6) is 0 Å². The highest BCUT2D eigenvalue weighted by Gasteiger charge is 2.73. The summed E-state index contributed by atoms with van der Waals surface area (Å²) in [7, 11) is 0. The maximum Gasteiger partial charge on any atom is 0.411 e. The first kappa shape index (κ1) is 38.4. The van der Waals surface area contributed by atoms with Crippen LogP contribution >= 0.6 is 63.7 Å². The van der Waals surface area contributed by atoms with Crippen LogP contribution in [-0.2, 0) is 10.8 Å². The summed E-state index contributed by atoms with van der Waals surface area (Å²) >= 11 is 11.9. The van der Waals surface area contributed by atoms with Crippen molar-refractivity contribution in [3.63, 3.8) is 0 Å². The first-order chi connectivity index (χ1) is 21.0. The van der Waals surface area contributed by atoms with Crippen LogP contribution in [0, 0.1) is 0 Å². The normalized spacial score (nSPS) is 13.2. The highest BCUT2D eigenvalue weighted by molar-refractivity contribution is 9.11. The van der Waals surface area contributed by atoms with Crippen molar-refractivity contribution < 1.29 is 52.7 Å². The van der Waals surface area contributed by atoms with Gasteiger partial charge in [0, 0.05) is 17.9 Å². The summed E-state index contributed by atoms with van der Waals surface area (Å²) in [6, 6.07) is 16.3. The van der Waals surface area contributed by atoms with Crippen LogP contribution in [0.15, 0.2) is 115 Å². The summed E-state index contributed by atoms with van der Waals surface area (Å²) in [5.41, 5.74) is -11.8. The molecule has 4 aromatic carbocycles. The smallest absolute Gasteiger partial charge is 0.169 e. The molecule has 0 N–H and O–H groups in total. The van der Waals surface area contributed by atoms with Gasteiger partial charge in [-0.15, -0.1) is 0 Å². The van der Waals surface area contributed by atoms with E-state index in [1.165, 1.54) is 12.1 Å². The molecule has 0 aliphatic heterocycles. The largest absolute Gasteiger partial charge is 0.411 e. The molecule has 0 aliphatic rings. The topological polar surface area (TPSA) is 0 Å². The van der Waals surface area contributed by atoms with Gasteiger partial charge in [0.05, 0.1) is 0 Å². The Morgan fingerprint density at radius 2 is 0.565 bits per heavy atom. The van der Waals surface area contributed by atoms with Crippen molar-refractivity contribution in [2.45, 2.75) is 35.5 Å².